The number of carbonyl (C=O) groups is 2. The van der Waals surface area contributed by atoms with Gasteiger partial charge in [-0.2, -0.15) is 0 Å². The summed E-state index contributed by atoms with van der Waals surface area (Å²) < 4.78 is 4.80. The van der Waals surface area contributed by atoms with Gasteiger partial charge in [0.15, 0.2) is 0 Å². The van der Waals surface area contributed by atoms with Gasteiger partial charge in [-0.25, -0.2) is 9.59 Å². The summed E-state index contributed by atoms with van der Waals surface area (Å²) in [6, 6.07) is 14.0. The molecule has 0 aliphatic carbocycles. The molecule has 0 bridgehead atoms. The predicted molar refractivity (Wildman–Crippen MR) is 87.6 cm³/mol. The van der Waals surface area contributed by atoms with E-state index in [1.54, 1.807) is 24.3 Å². The summed E-state index contributed by atoms with van der Waals surface area (Å²) in [7, 11) is 0. The summed E-state index contributed by atoms with van der Waals surface area (Å²) in [5.41, 5.74) is 13.9. The number of hydrogen-bond acceptors (Lipinski definition) is 6. The second-order valence-corrected chi connectivity index (χ2v) is 4.92. The Bertz CT molecular complexity index is 684. The van der Waals surface area contributed by atoms with Crippen molar-refractivity contribution in [1.82, 2.24) is 0 Å². The van der Waals surface area contributed by atoms with Gasteiger partial charge in [-0.3, -0.25) is 0 Å². The highest BCUT2D eigenvalue weighted by atomic mass is 16.6. The van der Waals surface area contributed by atoms with E-state index in [0.29, 0.717) is 18.7 Å². The number of rotatable bonds is 6. The second kappa shape index (κ2) is 8.07. The van der Waals surface area contributed by atoms with E-state index in [2.05, 4.69) is 5.32 Å². The van der Waals surface area contributed by atoms with Crippen LogP contribution in [0.4, 0.5) is 5.69 Å². The summed E-state index contributed by atoms with van der Waals surface area (Å²) in [5, 5.41) is 2.89. The minimum atomic E-state index is -0.689. The van der Waals surface area contributed by atoms with Crippen molar-refractivity contribution in [2.45, 2.75) is 13.1 Å². The first-order chi connectivity index (χ1) is 11.1. The van der Waals surface area contributed by atoms with Gasteiger partial charge in [0, 0.05) is 18.8 Å². The zero-order chi connectivity index (χ0) is 16.7. The van der Waals surface area contributed by atoms with Crippen LogP contribution >= 0.6 is 0 Å². The second-order valence-electron chi connectivity index (χ2n) is 4.92. The molecule has 0 amide bonds. The van der Waals surface area contributed by atoms with Gasteiger partial charge in [-0.15, -0.1) is 0 Å². The third kappa shape index (κ3) is 4.91. The first-order valence-corrected chi connectivity index (χ1v) is 7.19. The topological polar surface area (TPSA) is 107 Å². The summed E-state index contributed by atoms with van der Waals surface area (Å²) >= 11 is 0. The fraction of sp³-hybridized carbons (Fsp3) is 0.176. The molecular weight excluding hydrogens is 294 g/mol. The lowest BCUT2D eigenvalue weighted by atomic mass is 10.1. The minimum absolute atomic E-state index is 0.107. The van der Waals surface area contributed by atoms with Crippen molar-refractivity contribution >= 4 is 17.6 Å². The zero-order valence-corrected chi connectivity index (χ0v) is 12.6. The maximum absolute atomic E-state index is 11.9. The number of benzene rings is 2. The van der Waals surface area contributed by atoms with Crippen molar-refractivity contribution in [3.63, 3.8) is 0 Å². The average molecular weight is 313 g/mol. The molecule has 6 heteroatoms. The van der Waals surface area contributed by atoms with E-state index in [1.807, 2.05) is 24.3 Å². The molecule has 0 fully saturated rings. The van der Waals surface area contributed by atoms with Crippen molar-refractivity contribution < 1.29 is 14.3 Å². The molecule has 6 nitrogen and oxygen atoms in total. The highest BCUT2D eigenvalue weighted by Gasteiger charge is 2.13. The van der Waals surface area contributed by atoms with Gasteiger partial charge < -0.3 is 21.5 Å². The van der Waals surface area contributed by atoms with Crippen LogP contribution in [0.1, 0.15) is 21.5 Å². The molecule has 0 radical (unpaired) electrons. The molecule has 0 heterocycles. The third-order valence-electron chi connectivity index (χ3n) is 3.23. The number of anilines is 1. The number of ether oxygens (including phenoxy) is 1. The Kier molecular flexibility index (Phi) is 5.85. The highest BCUT2D eigenvalue weighted by molar-refractivity contribution is 5.97. The molecule has 2 aromatic carbocycles. The van der Waals surface area contributed by atoms with Gasteiger partial charge >= 0.3 is 11.9 Å². The molecule has 0 aromatic heterocycles. The van der Waals surface area contributed by atoms with Crippen molar-refractivity contribution in [3.05, 3.63) is 65.2 Å². The number of hydrogen-bond donors (Lipinski definition) is 3. The first-order valence-electron chi connectivity index (χ1n) is 7.19. The molecule has 0 unspecified atom stereocenters. The third-order valence-corrected chi connectivity index (χ3v) is 3.23. The lowest BCUT2D eigenvalue weighted by molar-refractivity contribution is -0.135. The summed E-state index contributed by atoms with van der Waals surface area (Å²) in [6.07, 6.45) is 0. The molecular formula is C17H19N3O3. The summed E-state index contributed by atoms with van der Waals surface area (Å²) in [6.45, 7) is 0.665. The molecule has 0 aliphatic rings. The van der Waals surface area contributed by atoms with Gasteiger partial charge in [-0.05, 0) is 35.4 Å². The van der Waals surface area contributed by atoms with Crippen LogP contribution in [0.15, 0.2) is 48.5 Å². The Morgan fingerprint density at radius 1 is 0.957 bits per heavy atom. The molecule has 120 valence electrons. The quantitative estimate of drug-likeness (QED) is 0.549. The molecule has 0 saturated carbocycles. The Morgan fingerprint density at radius 2 is 1.65 bits per heavy atom. The van der Waals surface area contributed by atoms with Gasteiger partial charge in [0.05, 0.1) is 5.56 Å². The van der Waals surface area contributed by atoms with E-state index in [0.717, 1.165) is 16.8 Å². The maximum atomic E-state index is 11.9. The fourth-order valence-electron chi connectivity index (χ4n) is 1.96. The zero-order valence-electron chi connectivity index (χ0n) is 12.6. The monoisotopic (exact) mass is 313 g/mol. The van der Waals surface area contributed by atoms with Crippen molar-refractivity contribution in [2.24, 2.45) is 11.5 Å². The lowest BCUT2D eigenvalue weighted by Crippen LogP contribution is -2.20. The van der Waals surface area contributed by atoms with Crippen molar-refractivity contribution in [2.75, 3.05) is 11.9 Å². The maximum Gasteiger partial charge on any atom is 0.345 e. The van der Waals surface area contributed by atoms with Gasteiger partial charge in [0.1, 0.15) is 6.54 Å². The van der Waals surface area contributed by atoms with Gasteiger partial charge in [-0.1, -0.05) is 24.3 Å². The number of nitrogens with two attached hydrogens (primary N) is 2. The van der Waals surface area contributed by atoms with Crippen LogP contribution in [-0.2, 0) is 22.6 Å². The van der Waals surface area contributed by atoms with Crippen LogP contribution in [0.2, 0.25) is 0 Å². The van der Waals surface area contributed by atoms with Crippen molar-refractivity contribution in [1.29, 1.82) is 0 Å². The number of carbonyl (C=O) groups excluding carboxylic acids is 2. The summed E-state index contributed by atoms with van der Waals surface area (Å²) in [4.78, 5) is 23.6. The smallest absolute Gasteiger partial charge is 0.345 e. The van der Waals surface area contributed by atoms with E-state index in [9.17, 15) is 9.59 Å². The van der Waals surface area contributed by atoms with Crippen LogP contribution in [0.25, 0.3) is 0 Å². The van der Waals surface area contributed by atoms with Crippen LogP contribution in [0, 0.1) is 0 Å². The normalized spacial score (nSPS) is 10.2. The van der Waals surface area contributed by atoms with E-state index in [4.69, 9.17) is 16.2 Å². The number of nitrogens with one attached hydrogen (secondary N) is 1. The minimum Gasteiger partial charge on any atom is -0.388 e. The molecule has 5 N–H and O–H groups in total. The first kappa shape index (κ1) is 16.7. The van der Waals surface area contributed by atoms with Crippen LogP contribution in [-0.4, -0.2) is 18.5 Å². The van der Waals surface area contributed by atoms with Crippen LogP contribution in [0.5, 0.6) is 0 Å². The molecule has 23 heavy (non-hydrogen) atoms. The SMILES string of the molecule is NCc1ccc(NCC(=O)OC(=O)c2cccc(CN)c2)cc1. The molecule has 0 spiro atoms. The van der Waals surface area contributed by atoms with E-state index in [1.165, 1.54) is 0 Å². The van der Waals surface area contributed by atoms with E-state index in [-0.39, 0.29) is 6.54 Å². The predicted octanol–water partition coefficient (Wildman–Crippen LogP) is 1.40. The average Bonchev–Trinajstić information content (AvgIpc) is 2.60. The highest BCUT2D eigenvalue weighted by Crippen LogP contribution is 2.09. The Hall–Kier alpha value is -2.70. The van der Waals surface area contributed by atoms with E-state index < -0.39 is 11.9 Å². The number of esters is 2. The lowest BCUT2D eigenvalue weighted by Gasteiger charge is -2.07. The van der Waals surface area contributed by atoms with Crippen molar-refractivity contribution in [3.8, 4) is 0 Å². The van der Waals surface area contributed by atoms with Crippen LogP contribution in [0.3, 0.4) is 0 Å². The van der Waals surface area contributed by atoms with Gasteiger partial charge in [0.25, 0.3) is 0 Å². The fourth-order valence-corrected chi connectivity index (χ4v) is 1.96. The molecule has 0 saturated heterocycles. The molecule has 2 rings (SSSR count). The summed E-state index contributed by atoms with van der Waals surface area (Å²) in [5.74, 6) is -1.35. The van der Waals surface area contributed by atoms with Gasteiger partial charge in [0.2, 0.25) is 0 Å². The standard InChI is InChI=1S/C17H19N3O3/c18-9-12-4-6-15(7-5-12)20-11-16(21)23-17(22)14-3-1-2-13(8-14)10-19/h1-8,20H,9-11,18-19H2. The van der Waals surface area contributed by atoms with E-state index >= 15 is 0 Å². The van der Waals surface area contributed by atoms with Crippen LogP contribution < -0.4 is 16.8 Å². The largest absolute Gasteiger partial charge is 0.388 e. The Balaban J connectivity index is 1.87. The Morgan fingerprint density at radius 3 is 2.30 bits per heavy atom. The Labute approximate surface area is 134 Å². The molecule has 2 aromatic rings. The molecule has 0 aliphatic heterocycles. The molecule has 0 atom stereocenters.